The minimum absolute atomic E-state index is 0.454. The van der Waals surface area contributed by atoms with Gasteiger partial charge in [0.2, 0.25) is 0 Å². The van der Waals surface area contributed by atoms with Crippen molar-refractivity contribution in [2.24, 2.45) is 0 Å². The van der Waals surface area contributed by atoms with Crippen molar-refractivity contribution in [1.82, 2.24) is 5.32 Å². The summed E-state index contributed by atoms with van der Waals surface area (Å²) in [5.41, 5.74) is 4.65. The summed E-state index contributed by atoms with van der Waals surface area (Å²) in [5, 5.41) is 12.0. The smallest absolute Gasteiger partial charge is 0.126 e. The zero-order valence-corrected chi connectivity index (χ0v) is 13.8. The number of aryl methyl sites for hydroxylation is 1. The second-order valence-electron chi connectivity index (χ2n) is 5.53. The Kier molecular flexibility index (Phi) is 5.49. The summed E-state index contributed by atoms with van der Waals surface area (Å²) in [4.78, 5) is 0. The Hall–Kier alpha value is -2.93. The van der Waals surface area contributed by atoms with Crippen LogP contribution in [0, 0.1) is 29.9 Å². The van der Waals surface area contributed by atoms with Gasteiger partial charge in [-0.15, -0.1) is 0 Å². The summed E-state index contributed by atoms with van der Waals surface area (Å²) in [5.74, 6) is -1.21. The third-order valence-corrected chi connectivity index (χ3v) is 3.62. The van der Waals surface area contributed by atoms with Crippen molar-refractivity contribution in [3.05, 3.63) is 76.0 Å². The molecule has 0 aliphatic carbocycles. The van der Waals surface area contributed by atoms with E-state index in [1.807, 2.05) is 32.0 Å². The predicted octanol–water partition coefficient (Wildman–Crippen LogP) is 4.92. The maximum atomic E-state index is 13.2. The molecular formula is C20H18F2N2. The molecule has 0 amide bonds. The van der Waals surface area contributed by atoms with Crippen LogP contribution in [0.2, 0.25) is 0 Å². The standard InChI is InChI=1S/C20H18F2N2/c1-13-6-15(4-5-16-9-18(21)11-19(22)10-16)8-17(7-13)14(2)20(12-23)24-3/h4-11,24H,1-3H3/b5-4+,20-14+. The third-order valence-electron chi connectivity index (χ3n) is 3.62. The molecule has 2 nitrogen and oxygen atoms in total. The lowest BCUT2D eigenvalue weighted by atomic mass is 9.99. The molecular weight excluding hydrogens is 306 g/mol. The highest BCUT2D eigenvalue weighted by atomic mass is 19.1. The number of hydrogen-bond donors (Lipinski definition) is 1. The zero-order valence-electron chi connectivity index (χ0n) is 13.8. The molecule has 4 heteroatoms. The summed E-state index contributed by atoms with van der Waals surface area (Å²) >= 11 is 0. The first kappa shape index (κ1) is 17.4. The van der Waals surface area contributed by atoms with E-state index in [1.165, 1.54) is 12.1 Å². The molecule has 0 aliphatic heterocycles. The molecule has 0 saturated heterocycles. The van der Waals surface area contributed by atoms with Crippen molar-refractivity contribution in [3.8, 4) is 6.07 Å². The fourth-order valence-corrected chi connectivity index (χ4v) is 2.46. The molecule has 0 atom stereocenters. The summed E-state index contributed by atoms with van der Waals surface area (Å²) in [6, 6.07) is 11.4. The van der Waals surface area contributed by atoms with Gasteiger partial charge < -0.3 is 5.32 Å². The average Bonchev–Trinajstić information content (AvgIpc) is 2.52. The summed E-state index contributed by atoms with van der Waals surface area (Å²) in [7, 11) is 1.71. The van der Waals surface area contributed by atoms with Crippen LogP contribution in [0.25, 0.3) is 17.7 Å². The minimum atomic E-state index is -0.606. The molecule has 2 aromatic rings. The van der Waals surface area contributed by atoms with E-state index in [1.54, 1.807) is 19.2 Å². The molecule has 2 rings (SSSR count). The molecule has 1 N–H and O–H groups in total. The lowest BCUT2D eigenvalue weighted by Gasteiger charge is -2.08. The van der Waals surface area contributed by atoms with Gasteiger partial charge in [0, 0.05) is 13.1 Å². The van der Waals surface area contributed by atoms with Gasteiger partial charge >= 0.3 is 0 Å². The Balaban J connectivity index is 2.40. The van der Waals surface area contributed by atoms with Gasteiger partial charge in [-0.05, 0) is 59.9 Å². The highest BCUT2D eigenvalue weighted by Gasteiger charge is 2.05. The fourth-order valence-electron chi connectivity index (χ4n) is 2.46. The van der Waals surface area contributed by atoms with Crippen molar-refractivity contribution in [2.45, 2.75) is 13.8 Å². The first-order valence-corrected chi connectivity index (χ1v) is 7.48. The van der Waals surface area contributed by atoms with Crippen LogP contribution in [-0.4, -0.2) is 7.05 Å². The maximum absolute atomic E-state index is 13.2. The van der Waals surface area contributed by atoms with Crippen LogP contribution in [0.4, 0.5) is 8.78 Å². The van der Waals surface area contributed by atoms with Gasteiger partial charge in [-0.2, -0.15) is 5.26 Å². The number of nitrogens with zero attached hydrogens (tertiary/aromatic N) is 1. The van der Waals surface area contributed by atoms with E-state index in [2.05, 4.69) is 11.4 Å². The van der Waals surface area contributed by atoms with Gasteiger partial charge in [0.15, 0.2) is 0 Å². The lowest BCUT2D eigenvalue weighted by Crippen LogP contribution is -2.05. The van der Waals surface area contributed by atoms with Crippen LogP contribution in [0.15, 0.2) is 42.1 Å². The van der Waals surface area contributed by atoms with Crippen LogP contribution < -0.4 is 5.32 Å². The molecule has 122 valence electrons. The second-order valence-corrected chi connectivity index (χ2v) is 5.53. The van der Waals surface area contributed by atoms with Gasteiger partial charge in [-0.3, -0.25) is 0 Å². The van der Waals surface area contributed by atoms with E-state index in [0.717, 1.165) is 28.3 Å². The Morgan fingerprint density at radius 1 is 1.00 bits per heavy atom. The molecule has 0 unspecified atom stereocenters. The van der Waals surface area contributed by atoms with Crippen molar-refractivity contribution in [3.63, 3.8) is 0 Å². The number of rotatable bonds is 4. The van der Waals surface area contributed by atoms with Gasteiger partial charge in [0.05, 0.1) is 0 Å². The molecule has 0 radical (unpaired) electrons. The van der Waals surface area contributed by atoms with E-state index in [9.17, 15) is 8.78 Å². The SMILES string of the molecule is CN/C(C#N)=C(\C)c1cc(C)cc(/C=C/c2cc(F)cc(F)c2)c1. The Morgan fingerprint density at radius 2 is 1.58 bits per heavy atom. The van der Waals surface area contributed by atoms with Crippen LogP contribution in [-0.2, 0) is 0 Å². The van der Waals surface area contributed by atoms with Crippen molar-refractivity contribution >= 4 is 17.7 Å². The number of benzene rings is 2. The molecule has 0 saturated carbocycles. The molecule has 0 spiro atoms. The predicted molar refractivity (Wildman–Crippen MR) is 93.7 cm³/mol. The zero-order chi connectivity index (χ0) is 17.7. The number of nitrogens with one attached hydrogen (secondary N) is 1. The molecule has 24 heavy (non-hydrogen) atoms. The lowest BCUT2D eigenvalue weighted by molar-refractivity contribution is 0.583. The minimum Gasteiger partial charge on any atom is -0.379 e. The molecule has 0 bridgehead atoms. The Bertz CT molecular complexity index is 838. The molecule has 0 aromatic heterocycles. The van der Waals surface area contributed by atoms with Gasteiger partial charge in [-0.1, -0.05) is 24.3 Å². The highest BCUT2D eigenvalue weighted by Crippen LogP contribution is 2.21. The number of halogens is 2. The normalized spacial score (nSPS) is 12.0. The van der Waals surface area contributed by atoms with Crippen LogP contribution >= 0.6 is 0 Å². The summed E-state index contributed by atoms with van der Waals surface area (Å²) in [6.45, 7) is 3.83. The van der Waals surface area contributed by atoms with Gasteiger partial charge in [0.1, 0.15) is 23.4 Å². The summed E-state index contributed by atoms with van der Waals surface area (Å²) in [6.07, 6.45) is 3.45. The maximum Gasteiger partial charge on any atom is 0.126 e. The van der Waals surface area contributed by atoms with E-state index in [0.29, 0.717) is 11.3 Å². The molecule has 2 aromatic carbocycles. The molecule has 0 aliphatic rings. The van der Waals surface area contributed by atoms with Gasteiger partial charge in [-0.25, -0.2) is 8.78 Å². The van der Waals surface area contributed by atoms with E-state index < -0.39 is 11.6 Å². The van der Waals surface area contributed by atoms with Crippen molar-refractivity contribution < 1.29 is 8.78 Å². The van der Waals surface area contributed by atoms with E-state index in [-0.39, 0.29) is 0 Å². The highest BCUT2D eigenvalue weighted by molar-refractivity contribution is 5.75. The third kappa shape index (κ3) is 4.30. The topological polar surface area (TPSA) is 35.8 Å². The molecule has 0 heterocycles. The van der Waals surface area contributed by atoms with Crippen LogP contribution in [0.1, 0.15) is 29.2 Å². The van der Waals surface area contributed by atoms with E-state index in [4.69, 9.17) is 5.26 Å². The van der Waals surface area contributed by atoms with Crippen molar-refractivity contribution in [2.75, 3.05) is 7.05 Å². The largest absolute Gasteiger partial charge is 0.379 e. The number of hydrogen-bond acceptors (Lipinski definition) is 2. The summed E-state index contributed by atoms with van der Waals surface area (Å²) < 4.78 is 26.5. The first-order chi connectivity index (χ1) is 11.4. The van der Waals surface area contributed by atoms with Crippen molar-refractivity contribution in [1.29, 1.82) is 5.26 Å². The fraction of sp³-hybridized carbons (Fsp3) is 0.150. The Labute approximate surface area is 140 Å². The van der Waals surface area contributed by atoms with E-state index >= 15 is 0 Å². The average molecular weight is 324 g/mol. The molecule has 0 fully saturated rings. The first-order valence-electron chi connectivity index (χ1n) is 7.48. The van der Waals surface area contributed by atoms with Crippen LogP contribution in [0.5, 0.6) is 0 Å². The number of allylic oxidation sites excluding steroid dienone is 2. The monoisotopic (exact) mass is 324 g/mol. The number of nitriles is 1. The quantitative estimate of drug-likeness (QED) is 0.640. The van der Waals surface area contributed by atoms with Gasteiger partial charge in [0.25, 0.3) is 0 Å². The Morgan fingerprint density at radius 3 is 2.12 bits per heavy atom. The van der Waals surface area contributed by atoms with Crippen LogP contribution in [0.3, 0.4) is 0 Å². The second kappa shape index (κ2) is 7.56.